The Bertz CT molecular complexity index is 841. The highest BCUT2D eigenvalue weighted by Gasteiger charge is 2.18. The van der Waals surface area contributed by atoms with Crippen LogP contribution in [0.3, 0.4) is 0 Å². The molecule has 0 bridgehead atoms. The molecule has 128 valence electrons. The lowest BCUT2D eigenvalue weighted by molar-refractivity contribution is 0.0951. The summed E-state index contributed by atoms with van der Waals surface area (Å²) in [5.41, 5.74) is 0.0202. The number of carbonyl (C=O) groups is 1. The first kappa shape index (κ1) is 17.9. The van der Waals surface area contributed by atoms with E-state index in [1.54, 1.807) is 0 Å². The van der Waals surface area contributed by atoms with Gasteiger partial charge in [0.2, 0.25) is 10.0 Å². The highest BCUT2D eigenvalue weighted by Crippen LogP contribution is 2.18. The lowest BCUT2D eigenvalue weighted by atomic mass is 10.2. The van der Waals surface area contributed by atoms with Crippen LogP contribution in [0.25, 0.3) is 0 Å². The van der Waals surface area contributed by atoms with Gasteiger partial charge < -0.3 is 5.32 Å². The first-order valence-corrected chi connectivity index (χ1v) is 8.90. The average molecular weight is 354 g/mol. The van der Waals surface area contributed by atoms with Gasteiger partial charge in [-0.15, -0.1) is 0 Å². The standard InChI is InChI=1S/C16H16F2N2O3S/c1-24(22,23)20(13-6-4-5-12(17)11-13)10-9-19-16(21)14-7-2-3-8-15(14)18/h2-8,11H,9-10H2,1H3,(H,19,21). The molecule has 1 N–H and O–H groups in total. The first-order chi connectivity index (χ1) is 11.3. The van der Waals surface area contributed by atoms with Gasteiger partial charge in [-0.25, -0.2) is 17.2 Å². The number of halogens is 2. The zero-order valence-electron chi connectivity index (χ0n) is 12.9. The first-order valence-electron chi connectivity index (χ1n) is 7.05. The maximum atomic E-state index is 13.5. The smallest absolute Gasteiger partial charge is 0.254 e. The van der Waals surface area contributed by atoms with Crippen molar-refractivity contribution in [3.8, 4) is 0 Å². The van der Waals surface area contributed by atoms with E-state index < -0.39 is 27.6 Å². The van der Waals surface area contributed by atoms with Crippen molar-refractivity contribution in [1.82, 2.24) is 5.32 Å². The Balaban J connectivity index is 2.07. The van der Waals surface area contributed by atoms with Gasteiger partial charge in [0.05, 0.1) is 24.1 Å². The van der Waals surface area contributed by atoms with Crippen LogP contribution in [0.5, 0.6) is 0 Å². The predicted molar refractivity (Wildman–Crippen MR) is 87.3 cm³/mol. The summed E-state index contributed by atoms with van der Waals surface area (Å²) in [6, 6.07) is 10.6. The minimum Gasteiger partial charge on any atom is -0.350 e. The Labute approximate surface area is 139 Å². The molecule has 24 heavy (non-hydrogen) atoms. The van der Waals surface area contributed by atoms with Crippen LogP contribution in [-0.2, 0) is 10.0 Å². The second-order valence-electron chi connectivity index (χ2n) is 5.05. The Morgan fingerprint density at radius 1 is 1.12 bits per heavy atom. The van der Waals surface area contributed by atoms with Gasteiger partial charge in [0.1, 0.15) is 11.6 Å². The molecule has 0 saturated heterocycles. The molecule has 2 aromatic carbocycles. The zero-order valence-corrected chi connectivity index (χ0v) is 13.7. The Hall–Kier alpha value is -2.48. The fourth-order valence-electron chi connectivity index (χ4n) is 2.13. The van der Waals surface area contributed by atoms with Crippen LogP contribution >= 0.6 is 0 Å². The molecule has 0 heterocycles. The Kier molecular flexibility index (Phi) is 5.50. The molecule has 0 fully saturated rings. The SMILES string of the molecule is CS(=O)(=O)N(CCNC(=O)c1ccccc1F)c1cccc(F)c1. The number of hydrogen-bond acceptors (Lipinski definition) is 3. The van der Waals surface area contributed by atoms with Crippen LogP contribution in [-0.4, -0.2) is 33.7 Å². The lowest BCUT2D eigenvalue weighted by Gasteiger charge is -2.22. The molecule has 0 saturated carbocycles. The van der Waals surface area contributed by atoms with E-state index in [1.807, 2.05) is 0 Å². The molecule has 0 radical (unpaired) electrons. The van der Waals surface area contributed by atoms with Crippen molar-refractivity contribution in [2.45, 2.75) is 0 Å². The normalized spacial score (nSPS) is 11.1. The van der Waals surface area contributed by atoms with Gasteiger partial charge in [0.25, 0.3) is 5.91 Å². The van der Waals surface area contributed by atoms with E-state index in [0.29, 0.717) is 0 Å². The number of nitrogens with one attached hydrogen (secondary N) is 1. The van der Waals surface area contributed by atoms with Gasteiger partial charge >= 0.3 is 0 Å². The molecule has 0 aliphatic carbocycles. The molecule has 2 aromatic rings. The molecule has 5 nitrogen and oxygen atoms in total. The second-order valence-corrected chi connectivity index (χ2v) is 6.96. The van der Waals surface area contributed by atoms with Gasteiger partial charge in [-0.05, 0) is 30.3 Å². The number of carbonyl (C=O) groups excluding carboxylic acids is 1. The monoisotopic (exact) mass is 354 g/mol. The van der Waals surface area contributed by atoms with Crippen LogP contribution in [0.2, 0.25) is 0 Å². The maximum absolute atomic E-state index is 13.5. The molecular weight excluding hydrogens is 338 g/mol. The van der Waals surface area contributed by atoms with Crippen LogP contribution < -0.4 is 9.62 Å². The average Bonchev–Trinajstić information content (AvgIpc) is 2.50. The summed E-state index contributed by atoms with van der Waals surface area (Å²) in [5, 5.41) is 2.45. The second kappa shape index (κ2) is 7.39. The van der Waals surface area contributed by atoms with Gasteiger partial charge in [-0.2, -0.15) is 0 Å². The van der Waals surface area contributed by atoms with Crippen molar-refractivity contribution in [2.24, 2.45) is 0 Å². The van der Waals surface area contributed by atoms with Crippen molar-refractivity contribution < 1.29 is 22.0 Å². The quantitative estimate of drug-likeness (QED) is 0.864. The summed E-state index contributed by atoms with van der Waals surface area (Å²) < 4.78 is 51.5. The topological polar surface area (TPSA) is 66.5 Å². The molecule has 8 heteroatoms. The van der Waals surface area contributed by atoms with Crippen LogP contribution in [0.15, 0.2) is 48.5 Å². The molecule has 1 amide bonds. The summed E-state index contributed by atoms with van der Waals surface area (Å²) in [6.07, 6.45) is 0.983. The van der Waals surface area contributed by atoms with E-state index in [9.17, 15) is 22.0 Å². The molecule has 0 aromatic heterocycles. The van der Waals surface area contributed by atoms with Gasteiger partial charge in [-0.1, -0.05) is 18.2 Å². The summed E-state index contributed by atoms with van der Waals surface area (Å²) in [4.78, 5) is 11.9. The van der Waals surface area contributed by atoms with E-state index in [0.717, 1.165) is 22.7 Å². The third kappa shape index (κ3) is 4.51. The third-order valence-corrected chi connectivity index (χ3v) is 4.41. The summed E-state index contributed by atoms with van der Waals surface area (Å²) >= 11 is 0. The number of anilines is 1. The largest absolute Gasteiger partial charge is 0.350 e. The van der Waals surface area contributed by atoms with Gasteiger partial charge in [-0.3, -0.25) is 9.10 Å². The molecule has 0 aliphatic heterocycles. The fraction of sp³-hybridized carbons (Fsp3) is 0.188. The van der Waals surface area contributed by atoms with E-state index in [-0.39, 0.29) is 24.3 Å². The maximum Gasteiger partial charge on any atom is 0.254 e. The van der Waals surface area contributed by atoms with Gasteiger partial charge in [0.15, 0.2) is 0 Å². The molecule has 0 spiro atoms. The summed E-state index contributed by atoms with van der Waals surface area (Å²) in [5.74, 6) is -1.89. The Morgan fingerprint density at radius 3 is 2.46 bits per heavy atom. The number of rotatable bonds is 6. The molecule has 0 unspecified atom stereocenters. The number of amides is 1. The minimum absolute atomic E-state index is 0.0588. The predicted octanol–water partition coefficient (Wildman–Crippen LogP) is 2.16. The number of benzene rings is 2. The van der Waals surface area contributed by atoms with Crippen molar-refractivity contribution in [3.63, 3.8) is 0 Å². The van der Waals surface area contributed by atoms with Crippen molar-refractivity contribution in [1.29, 1.82) is 0 Å². The molecule has 0 atom stereocenters. The zero-order chi connectivity index (χ0) is 17.7. The number of nitrogens with zero attached hydrogens (tertiary/aromatic N) is 1. The lowest BCUT2D eigenvalue weighted by Crippen LogP contribution is -2.38. The molecule has 2 rings (SSSR count). The Morgan fingerprint density at radius 2 is 1.83 bits per heavy atom. The minimum atomic E-state index is -3.66. The van der Waals surface area contributed by atoms with Crippen molar-refractivity contribution in [2.75, 3.05) is 23.7 Å². The fourth-order valence-corrected chi connectivity index (χ4v) is 3.05. The van der Waals surface area contributed by atoms with E-state index >= 15 is 0 Å². The highest BCUT2D eigenvalue weighted by atomic mass is 32.2. The van der Waals surface area contributed by atoms with E-state index in [1.165, 1.54) is 36.4 Å². The van der Waals surface area contributed by atoms with E-state index in [2.05, 4.69) is 5.32 Å². The summed E-state index contributed by atoms with van der Waals surface area (Å²) in [6.45, 7) is -0.167. The third-order valence-electron chi connectivity index (χ3n) is 3.22. The summed E-state index contributed by atoms with van der Waals surface area (Å²) in [7, 11) is -3.66. The van der Waals surface area contributed by atoms with Crippen LogP contribution in [0.4, 0.5) is 14.5 Å². The van der Waals surface area contributed by atoms with Gasteiger partial charge in [0, 0.05) is 6.54 Å². The number of sulfonamides is 1. The molecule has 0 aliphatic rings. The highest BCUT2D eigenvalue weighted by molar-refractivity contribution is 7.92. The molecular formula is C16H16F2N2O3S. The number of hydrogen-bond donors (Lipinski definition) is 1. The van der Waals surface area contributed by atoms with Crippen molar-refractivity contribution >= 4 is 21.6 Å². The van der Waals surface area contributed by atoms with E-state index in [4.69, 9.17) is 0 Å². The van der Waals surface area contributed by atoms with Crippen molar-refractivity contribution in [3.05, 3.63) is 65.7 Å². The van der Waals surface area contributed by atoms with Crippen LogP contribution in [0, 0.1) is 11.6 Å². The van der Waals surface area contributed by atoms with Crippen LogP contribution in [0.1, 0.15) is 10.4 Å².